The Bertz CT molecular complexity index is 396. The maximum absolute atomic E-state index is 11.8. The number of carbonyl (C=O) groups is 1. The smallest absolute Gasteiger partial charge is 0.229 e. The van der Waals surface area contributed by atoms with E-state index in [9.17, 15) is 4.79 Å². The summed E-state index contributed by atoms with van der Waals surface area (Å²) in [6.07, 6.45) is 1.70. The highest BCUT2D eigenvalue weighted by molar-refractivity contribution is 8.01. The molecular formula is C10H15N3OS3. The third kappa shape index (κ3) is 3.14. The molecule has 0 saturated carbocycles. The van der Waals surface area contributed by atoms with E-state index >= 15 is 0 Å². The molecular weight excluding hydrogens is 274 g/mol. The first-order valence-electron chi connectivity index (χ1n) is 5.62. The maximum atomic E-state index is 11.8. The van der Waals surface area contributed by atoms with Gasteiger partial charge in [0.1, 0.15) is 0 Å². The Morgan fingerprint density at radius 1 is 1.59 bits per heavy atom. The van der Waals surface area contributed by atoms with E-state index in [-0.39, 0.29) is 5.91 Å². The molecule has 0 N–H and O–H groups in total. The fourth-order valence-electron chi connectivity index (χ4n) is 1.65. The molecule has 17 heavy (non-hydrogen) atoms. The number of thiol groups is 1. The second-order valence-electron chi connectivity index (χ2n) is 3.96. The Kier molecular flexibility index (Phi) is 4.69. The van der Waals surface area contributed by atoms with Gasteiger partial charge in [-0.05, 0) is 18.1 Å². The monoisotopic (exact) mass is 289 g/mol. The van der Waals surface area contributed by atoms with Crippen molar-refractivity contribution < 1.29 is 4.79 Å². The van der Waals surface area contributed by atoms with Crippen LogP contribution in [0, 0.1) is 5.92 Å². The van der Waals surface area contributed by atoms with Crippen molar-refractivity contribution in [3.63, 3.8) is 0 Å². The van der Waals surface area contributed by atoms with Crippen LogP contribution in [0.2, 0.25) is 0 Å². The van der Waals surface area contributed by atoms with Gasteiger partial charge in [0.15, 0.2) is 4.34 Å². The molecule has 2 heterocycles. The number of thioether (sulfide) groups is 1. The number of rotatable bonds is 5. The van der Waals surface area contributed by atoms with Crippen LogP contribution in [-0.4, -0.2) is 34.2 Å². The van der Waals surface area contributed by atoms with Gasteiger partial charge in [-0.15, -0.1) is 10.2 Å². The van der Waals surface area contributed by atoms with Gasteiger partial charge in [0.05, 0.1) is 0 Å². The van der Waals surface area contributed by atoms with Crippen molar-refractivity contribution in [3.8, 4) is 0 Å². The number of carbonyl (C=O) groups excluding carboxylic acids is 1. The van der Waals surface area contributed by atoms with Crippen molar-refractivity contribution in [3.05, 3.63) is 0 Å². The van der Waals surface area contributed by atoms with Crippen molar-refractivity contribution >= 4 is 46.8 Å². The fourth-order valence-corrected chi connectivity index (χ4v) is 3.69. The summed E-state index contributed by atoms with van der Waals surface area (Å²) in [6, 6.07) is 0. The van der Waals surface area contributed by atoms with E-state index in [4.69, 9.17) is 0 Å². The van der Waals surface area contributed by atoms with Crippen LogP contribution >= 0.6 is 35.7 Å². The van der Waals surface area contributed by atoms with Crippen molar-refractivity contribution in [2.45, 2.75) is 24.1 Å². The van der Waals surface area contributed by atoms with Crippen LogP contribution in [0.15, 0.2) is 4.34 Å². The zero-order valence-corrected chi connectivity index (χ0v) is 12.2. The van der Waals surface area contributed by atoms with Crippen LogP contribution in [-0.2, 0) is 4.79 Å². The van der Waals surface area contributed by atoms with Crippen LogP contribution in [0.3, 0.4) is 0 Å². The van der Waals surface area contributed by atoms with Crippen molar-refractivity contribution in [2.24, 2.45) is 5.92 Å². The predicted octanol–water partition coefficient (Wildman–Crippen LogP) is 2.32. The molecule has 94 valence electrons. The maximum Gasteiger partial charge on any atom is 0.229 e. The number of nitrogens with zero attached hydrogens (tertiary/aromatic N) is 3. The Morgan fingerprint density at radius 2 is 2.41 bits per heavy atom. The van der Waals surface area contributed by atoms with E-state index in [0.717, 1.165) is 33.9 Å². The van der Waals surface area contributed by atoms with Crippen LogP contribution < -0.4 is 4.90 Å². The zero-order valence-electron chi connectivity index (χ0n) is 9.63. The molecule has 7 heteroatoms. The molecule has 1 atom stereocenters. The molecule has 2 rings (SSSR count). The molecule has 1 amide bonds. The van der Waals surface area contributed by atoms with Gasteiger partial charge >= 0.3 is 0 Å². The first kappa shape index (κ1) is 13.2. The second-order valence-corrected chi connectivity index (χ2v) is 6.62. The van der Waals surface area contributed by atoms with Crippen molar-refractivity contribution in [2.75, 3.05) is 23.0 Å². The number of hydrogen-bond acceptors (Lipinski definition) is 6. The van der Waals surface area contributed by atoms with E-state index in [1.165, 1.54) is 11.3 Å². The van der Waals surface area contributed by atoms with Crippen LogP contribution in [0.5, 0.6) is 0 Å². The Balaban J connectivity index is 2.02. The molecule has 0 radical (unpaired) electrons. The molecule has 1 unspecified atom stereocenters. The van der Waals surface area contributed by atoms with E-state index in [2.05, 4.69) is 29.7 Å². The molecule has 0 bridgehead atoms. The minimum absolute atomic E-state index is 0.146. The lowest BCUT2D eigenvalue weighted by atomic mass is 10.1. The molecule has 1 aliphatic rings. The number of anilines is 1. The molecule has 0 aliphatic carbocycles. The summed E-state index contributed by atoms with van der Waals surface area (Å²) in [5.41, 5.74) is 0. The van der Waals surface area contributed by atoms with Gasteiger partial charge in [0.25, 0.3) is 0 Å². The van der Waals surface area contributed by atoms with Gasteiger partial charge in [-0.3, -0.25) is 9.69 Å². The third-order valence-corrected chi connectivity index (χ3v) is 5.32. The summed E-state index contributed by atoms with van der Waals surface area (Å²) >= 11 is 7.45. The molecule has 0 spiro atoms. The quantitative estimate of drug-likeness (QED) is 0.513. The van der Waals surface area contributed by atoms with Crippen LogP contribution in [0.25, 0.3) is 0 Å². The lowest BCUT2D eigenvalue weighted by Gasteiger charge is -2.10. The average Bonchev–Trinajstić information content (AvgIpc) is 2.92. The average molecular weight is 289 g/mol. The van der Waals surface area contributed by atoms with E-state index < -0.39 is 0 Å². The second kappa shape index (κ2) is 6.06. The largest absolute Gasteiger partial charge is 0.286 e. The highest BCUT2D eigenvalue weighted by Crippen LogP contribution is 2.32. The Morgan fingerprint density at radius 3 is 3.06 bits per heavy atom. The van der Waals surface area contributed by atoms with Gasteiger partial charge in [0, 0.05) is 18.7 Å². The molecule has 1 fully saturated rings. The van der Waals surface area contributed by atoms with Gasteiger partial charge in [-0.2, -0.15) is 12.6 Å². The molecule has 1 aliphatic heterocycles. The number of amides is 1. The number of hydrogen-bond donors (Lipinski definition) is 1. The first-order valence-corrected chi connectivity index (χ1v) is 8.05. The summed E-state index contributed by atoms with van der Waals surface area (Å²) in [7, 11) is 0. The lowest BCUT2D eigenvalue weighted by molar-refractivity contribution is -0.117. The zero-order chi connectivity index (χ0) is 12.3. The van der Waals surface area contributed by atoms with E-state index in [1.54, 1.807) is 16.7 Å². The van der Waals surface area contributed by atoms with Gasteiger partial charge in [0.2, 0.25) is 11.0 Å². The SMILES string of the molecule is CCCSc1nnc(N2CC(CS)CC2=O)s1. The van der Waals surface area contributed by atoms with E-state index in [1.807, 2.05) is 0 Å². The highest BCUT2D eigenvalue weighted by Gasteiger charge is 2.31. The summed E-state index contributed by atoms with van der Waals surface area (Å²) in [5, 5.41) is 8.93. The van der Waals surface area contributed by atoms with Crippen molar-refractivity contribution in [1.82, 2.24) is 10.2 Å². The Labute approximate surface area is 115 Å². The molecule has 4 nitrogen and oxygen atoms in total. The summed E-state index contributed by atoms with van der Waals surface area (Å²) in [6.45, 7) is 2.87. The summed E-state index contributed by atoms with van der Waals surface area (Å²) in [4.78, 5) is 13.5. The highest BCUT2D eigenvalue weighted by atomic mass is 32.2. The third-order valence-electron chi connectivity index (χ3n) is 2.52. The van der Waals surface area contributed by atoms with Gasteiger partial charge in [-0.25, -0.2) is 0 Å². The first-order chi connectivity index (χ1) is 8.24. The van der Waals surface area contributed by atoms with Crippen LogP contribution in [0.4, 0.5) is 5.13 Å². The normalized spacial score (nSPS) is 20.2. The van der Waals surface area contributed by atoms with Crippen molar-refractivity contribution in [1.29, 1.82) is 0 Å². The predicted molar refractivity (Wildman–Crippen MR) is 75.2 cm³/mol. The summed E-state index contributed by atoms with van der Waals surface area (Å²) < 4.78 is 0.948. The lowest BCUT2D eigenvalue weighted by Crippen LogP contribution is -2.24. The topological polar surface area (TPSA) is 46.1 Å². The summed E-state index contributed by atoms with van der Waals surface area (Å²) in [5.74, 6) is 2.29. The van der Waals surface area contributed by atoms with Gasteiger partial charge in [-0.1, -0.05) is 30.0 Å². The Hall–Kier alpha value is -0.270. The molecule has 1 aromatic heterocycles. The van der Waals surface area contributed by atoms with Crippen LogP contribution in [0.1, 0.15) is 19.8 Å². The fraction of sp³-hybridized carbons (Fsp3) is 0.700. The minimum atomic E-state index is 0.146. The van der Waals surface area contributed by atoms with Gasteiger partial charge < -0.3 is 0 Å². The molecule has 0 aromatic carbocycles. The minimum Gasteiger partial charge on any atom is -0.286 e. The number of aromatic nitrogens is 2. The molecule has 1 aromatic rings. The standard InChI is InChI=1S/C10H15N3OS3/c1-2-3-16-10-12-11-9(17-10)13-5-7(6-15)4-8(13)14/h7,15H,2-6H2,1H3. The molecule has 1 saturated heterocycles. The van der Waals surface area contributed by atoms with E-state index in [0.29, 0.717) is 12.3 Å².